The lowest BCUT2D eigenvalue weighted by Gasteiger charge is -1.91. The predicted molar refractivity (Wildman–Crippen MR) is 47.1 cm³/mol. The van der Waals surface area contributed by atoms with Gasteiger partial charge < -0.3 is 9.47 Å². The zero-order valence-electron chi connectivity index (χ0n) is 5.94. The molecule has 0 fully saturated rings. The molecule has 0 bridgehead atoms. The van der Waals surface area contributed by atoms with Gasteiger partial charge in [0.2, 0.25) is 0 Å². The Labute approximate surface area is 78.3 Å². The minimum atomic E-state index is -1.72. The van der Waals surface area contributed by atoms with Crippen LogP contribution in [0.15, 0.2) is 0 Å². The van der Waals surface area contributed by atoms with Crippen LogP contribution in [0.1, 0.15) is 0 Å². The van der Waals surface area contributed by atoms with E-state index in [0.717, 1.165) is 0 Å². The van der Waals surface area contributed by atoms with Crippen LogP contribution in [0.3, 0.4) is 0 Å². The summed E-state index contributed by atoms with van der Waals surface area (Å²) in [5.41, 5.74) is 0. The van der Waals surface area contributed by atoms with Crippen molar-refractivity contribution in [1.29, 1.82) is 0 Å². The summed E-state index contributed by atoms with van der Waals surface area (Å²) >= 11 is -1.72. The first-order chi connectivity index (χ1) is 4.65. The molecule has 2 nitrogen and oxygen atoms in total. The van der Waals surface area contributed by atoms with Crippen LogP contribution in [0.2, 0.25) is 0 Å². The van der Waals surface area contributed by atoms with Gasteiger partial charge in [0.25, 0.3) is 0 Å². The van der Waals surface area contributed by atoms with E-state index in [9.17, 15) is 0 Å². The van der Waals surface area contributed by atoms with Crippen molar-refractivity contribution >= 4 is 41.5 Å². The minimum absolute atomic E-state index is 0.691. The van der Waals surface area contributed by atoms with Gasteiger partial charge in [-0.2, -0.15) is 0 Å². The van der Waals surface area contributed by atoms with Crippen molar-refractivity contribution in [2.45, 2.75) is 0 Å². The Hall–Kier alpha value is 1.32. The van der Waals surface area contributed by atoms with Crippen LogP contribution in [-0.4, -0.2) is 38.8 Å². The van der Waals surface area contributed by atoms with Crippen molar-refractivity contribution in [3.05, 3.63) is 0 Å². The van der Waals surface area contributed by atoms with Crippen LogP contribution in [-0.2, 0) is 9.47 Å². The second kappa shape index (κ2) is 13.0. The molecule has 0 aromatic carbocycles. The summed E-state index contributed by atoms with van der Waals surface area (Å²) in [7, 11) is 18.1. The summed E-state index contributed by atoms with van der Waals surface area (Å²) in [4.78, 5) is 0. The molecule has 62 valence electrons. The lowest BCUT2D eigenvalue weighted by atomic mass is 10.8. The van der Waals surface area contributed by atoms with Crippen molar-refractivity contribution in [2.24, 2.45) is 0 Å². The molecule has 0 atom stereocenters. The third-order valence-electron chi connectivity index (χ3n) is 0.492. The second-order valence-electron chi connectivity index (χ2n) is 1.23. The topological polar surface area (TPSA) is 18.5 Å². The first kappa shape index (κ1) is 13.9. The van der Waals surface area contributed by atoms with Crippen LogP contribution < -0.4 is 0 Å². The van der Waals surface area contributed by atoms with Gasteiger partial charge in [0.15, 0.2) is 0 Å². The molecule has 0 aromatic rings. The first-order valence-electron chi connectivity index (χ1n) is 2.55. The molecule has 10 heavy (non-hydrogen) atoms. The van der Waals surface area contributed by atoms with Gasteiger partial charge in [-0.25, -0.2) is 30.1 Å². The normalized spacial score (nSPS) is 8.10. The van der Waals surface area contributed by atoms with Crippen LogP contribution in [0, 0.1) is 0 Å². The highest BCUT2D eigenvalue weighted by atomic mass is 35.8. The zero-order chi connectivity index (χ0) is 8.41. The molecule has 0 heterocycles. The molecule has 0 saturated heterocycles. The number of ether oxygens (including phenoxy) is 2. The highest BCUT2D eigenvalue weighted by Crippen LogP contribution is 1.97. The maximum absolute atomic E-state index is 4.94. The maximum Gasteiger partial charge on any atom is 0.643 e. The summed E-state index contributed by atoms with van der Waals surface area (Å²) in [6.45, 7) is 1.38. The summed E-state index contributed by atoms with van der Waals surface area (Å²) in [5, 5.41) is 0. The SMILES string of the molecule is COCCOC.[Cl][Al]([Cl])[Cl]. The van der Waals surface area contributed by atoms with Gasteiger partial charge in [0, 0.05) is 14.2 Å². The monoisotopic (exact) mass is 222 g/mol. The fourth-order valence-electron chi connectivity index (χ4n) is 0.167. The molecule has 0 saturated carbocycles. The van der Waals surface area contributed by atoms with Gasteiger partial charge >= 0.3 is 11.4 Å². The second-order valence-corrected chi connectivity index (χ2v) is 7.67. The molecule has 0 aliphatic carbocycles. The molecule has 0 N–H and O–H groups in total. The molecule has 0 amide bonds. The molecule has 0 spiro atoms. The molecule has 0 unspecified atom stereocenters. The van der Waals surface area contributed by atoms with E-state index in [4.69, 9.17) is 30.1 Å². The van der Waals surface area contributed by atoms with Crippen LogP contribution in [0.5, 0.6) is 0 Å². The number of methoxy groups -OCH3 is 2. The Bertz CT molecular complexity index is 49.0. The average Bonchev–Trinajstić information content (AvgIpc) is 1.82. The van der Waals surface area contributed by atoms with Crippen molar-refractivity contribution in [3.8, 4) is 0 Å². The number of halogens is 3. The van der Waals surface area contributed by atoms with Gasteiger partial charge in [0.1, 0.15) is 0 Å². The Morgan fingerprint density at radius 1 is 1.00 bits per heavy atom. The highest BCUT2D eigenvalue weighted by molar-refractivity contribution is 7.54. The van der Waals surface area contributed by atoms with Crippen LogP contribution in [0.25, 0.3) is 0 Å². The smallest absolute Gasteiger partial charge is 0.382 e. The molecule has 0 aliphatic heterocycles. The number of hydrogen-bond donors (Lipinski definition) is 0. The quantitative estimate of drug-likeness (QED) is 0.538. The van der Waals surface area contributed by atoms with Crippen molar-refractivity contribution in [3.63, 3.8) is 0 Å². The average molecular weight is 223 g/mol. The fraction of sp³-hybridized carbons (Fsp3) is 1.00. The van der Waals surface area contributed by atoms with E-state index in [1.165, 1.54) is 0 Å². The predicted octanol–water partition coefficient (Wildman–Crippen LogP) is 1.97. The molecule has 0 radical (unpaired) electrons. The Kier molecular flexibility index (Phi) is 18.0. The minimum Gasteiger partial charge on any atom is -0.382 e. The van der Waals surface area contributed by atoms with Crippen molar-refractivity contribution in [2.75, 3.05) is 27.4 Å². The standard InChI is InChI=1S/C4H10O2.Al.3ClH/c1-5-3-4-6-2;;;;/h3-4H2,1-2H3;;3*1H/q;+3;;;/p-3. The van der Waals surface area contributed by atoms with Crippen LogP contribution in [0.4, 0.5) is 0 Å². The van der Waals surface area contributed by atoms with Crippen LogP contribution >= 0.6 is 30.1 Å². The lowest BCUT2D eigenvalue weighted by molar-refractivity contribution is 0.103. The fourth-order valence-corrected chi connectivity index (χ4v) is 0.167. The van der Waals surface area contributed by atoms with Gasteiger partial charge in [0.05, 0.1) is 13.2 Å². The van der Waals surface area contributed by atoms with E-state index in [0.29, 0.717) is 13.2 Å². The van der Waals surface area contributed by atoms with E-state index >= 15 is 0 Å². The number of hydrogen-bond acceptors (Lipinski definition) is 2. The maximum atomic E-state index is 4.94. The van der Waals surface area contributed by atoms with Gasteiger partial charge in [-0.05, 0) is 0 Å². The highest BCUT2D eigenvalue weighted by Gasteiger charge is 2.00. The van der Waals surface area contributed by atoms with E-state index < -0.39 is 11.4 Å². The number of rotatable bonds is 3. The lowest BCUT2D eigenvalue weighted by Crippen LogP contribution is -1.96. The van der Waals surface area contributed by atoms with E-state index in [2.05, 4.69) is 9.47 Å². The van der Waals surface area contributed by atoms with E-state index in [1.807, 2.05) is 0 Å². The molecular weight excluding hydrogens is 213 g/mol. The van der Waals surface area contributed by atoms with Crippen molar-refractivity contribution in [1.82, 2.24) is 0 Å². The Morgan fingerprint density at radius 3 is 1.30 bits per heavy atom. The van der Waals surface area contributed by atoms with Gasteiger partial charge in [-0.15, -0.1) is 0 Å². The van der Waals surface area contributed by atoms with E-state index in [-0.39, 0.29) is 0 Å². The Balaban J connectivity index is 0. The van der Waals surface area contributed by atoms with Gasteiger partial charge in [-0.1, -0.05) is 0 Å². The van der Waals surface area contributed by atoms with Crippen molar-refractivity contribution < 1.29 is 9.47 Å². The summed E-state index contributed by atoms with van der Waals surface area (Å²) < 4.78 is 9.31. The summed E-state index contributed by atoms with van der Waals surface area (Å²) in [6.07, 6.45) is 0. The first-order valence-corrected chi connectivity index (χ1v) is 7.79. The molecule has 0 aromatic heterocycles. The van der Waals surface area contributed by atoms with E-state index in [1.54, 1.807) is 14.2 Å². The third-order valence-corrected chi connectivity index (χ3v) is 0.492. The van der Waals surface area contributed by atoms with Gasteiger partial charge in [-0.3, -0.25) is 0 Å². The summed E-state index contributed by atoms with van der Waals surface area (Å²) in [6, 6.07) is 0. The third kappa shape index (κ3) is 34.6. The molecule has 0 rings (SSSR count). The summed E-state index contributed by atoms with van der Waals surface area (Å²) in [5.74, 6) is 0. The molecule has 6 heteroatoms. The molecular formula is C4H10AlCl3O2. The largest absolute Gasteiger partial charge is 0.643 e. The molecule has 0 aliphatic rings. The zero-order valence-corrected chi connectivity index (χ0v) is 9.36. The Morgan fingerprint density at radius 2 is 1.20 bits per heavy atom.